The summed E-state index contributed by atoms with van der Waals surface area (Å²) in [5.74, 6) is 0.967. The van der Waals surface area contributed by atoms with Crippen molar-refractivity contribution in [1.29, 1.82) is 0 Å². The largest absolute Gasteiger partial charge is 0.454 e. The van der Waals surface area contributed by atoms with Crippen molar-refractivity contribution in [1.82, 2.24) is 0 Å². The maximum absolute atomic E-state index is 12.7. The Morgan fingerprint density at radius 2 is 1.76 bits per heavy atom. The van der Waals surface area contributed by atoms with Crippen molar-refractivity contribution in [2.75, 3.05) is 5.32 Å². The maximum atomic E-state index is 12.7. The van der Waals surface area contributed by atoms with Gasteiger partial charge in [0.15, 0.2) is 5.75 Å². The highest BCUT2D eigenvalue weighted by Crippen LogP contribution is 2.37. The SMILES string of the molecule is Cc1ccc2c(c1)NC(=O)c1cc(-c3cccc(CO)c3)ccc1O2. The summed E-state index contributed by atoms with van der Waals surface area (Å²) in [6.07, 6.45) is 0. The number of fused-ring (bicyclic) bond motifs is 2. The van der Waals surface area contributed by atoms with E-state index >= 15 is 0 Å². The summed E-state index contributed by atoms with van der Waals surface area (Å²) in [7, 11) is 0. The Bertz CT molecular complexity index is 979. The molecule has 3 aromatic rings. The van der Waals surface area contributed by atoms with Crippen LogP contribution in [0.15, 0.2) is 60.7 Å². The van der Waals surface area contributed by atoms with Gasteiger partial charge in [-0.25, -0.2) is 0 Å². The number of anilines is 1. The van der Waals surface area contributed by atoms with Crippen LogP contribution in [0.25, 0.3) is 11.1 Å². The Balaban J connectivity index is 1.78. The van der Waals surface area contributed by atoms with Crippen LogP contribution in [0.3, 0.4) is 0 Å². The normalized spacial score (nSPS) is 12.5. The molecule has 1 aliphatic rings. The van der Waals surface area contributed by atoms with E-state index in [0.29, 0.717) is 22.7 Å². The molecule has 2 N–H and O–H groups in total. The first kappa shape index (κ1) is 15.4. The second-order valence-electron chi connectivity index (χ2n) is 6.13. The van der Waals surface area contributed by atoms with Gasteiger partial charge in [-0.3, -0.25) is 4.79 Å². The summed E-state index contributed by atoms with van der Waals surface area (Å²) in [5, 5.41) is 12.2. The molecule has 0 fully saturated rings. The van der Waals surface area contributed by atoms with Gasteiger partial charge in [0, 0.05) is 0 Å². The lowest BCUT2D eigenvalue weighted by molar-refractivity contribution is 0.102. The van der Waals surface area contributed by atoms with Gasteiger partial charge < -0.3 is 15.2 Å². The average molecular weight is 331 g/mol. The number of carbonyl (C=O) groups is 1. The number of ether oxygens (including phenoxy) is 1. The predicted molar refractivity (Wildman–Crippen MR) is 97.0 cm³/mol. The number of aryl methyl sites for hydroxylation is 1. The summed E-state index contributed by atoms with van der Waals surface area (Å²) in [6.45, 7) is 1.95. The molecule has 4 nitrogen and oxygen atoms in total. The lowest BCUT2D eigenvalue weighted by atomic mass is 10.0. The molecule has 4 rings (SSSR count). The van der Waals surface area contributed by atoms with Crippen molar-refractivity contribution < 1.29 is 14.6 Å². The number of rotatable bonds is 2. The van der Waals surface area contributed by atoms with E-state index in [-0.39, 0.29) is 12.5 Å². The first-order valence-corrected chi connectivity index (χ1v) is 8.08. The van der Waals surface area contributed by atoms with Crippen molar-refractivity contribution in [2.45, 2.75) is 13.5 Å². The van der Waals surface area contributed by atoms with E-state index in [1.807, 2.05) is 67.6 Å². The van der Waals surface area contributed by atoms with Gasteiger partial charge in [0.05, 0.1) is 17.9 Å². The number of benzene rings is 3. The van der Waals surface area contributed by atoms with E-state index in [4.69, 9.17) is 4.74 Å². The van der Waals surface area contributed by atoms with Gasteiger partial charge in [-0.05, 0) is 59.5 Å². The highest BCUT2D eigenvalue weighted by atomic mass is 16.5. The Morgan fingerprint density at radius 1 is 0.960 bits per heavy atom. The fourth-order valence-electron chi connectivity index (χ4n) is 2.96. The van der Waals surface area contributed by atoms with Crippen molar-refractivity contribution in [3.05, 3.63) is 77.4 Å². The van der Waals surface area contributed by atoms with Gasteiger partial charge in [0.2, 0.25) is 0 Å². The van der Waals surface area contributed by atoms with Crippen molar-refractivity contribution >= 4 is 11.6 Å². The molecule has 0 aromatic heterocycles. The monoisotopic (exact) mass is 331 g/mol. The van der Waals surface area contributed by atoms with Gasteiger partial charge in [-0.15, -0.1) is 0 Å². The minimum atomic E-state index is -0.195. The van der Waals surface area contributed by atoms with Gasteiger partial charge >= 0.3 is 0 Å². The Kier molecular flexibility index (Phi) is 3.75. The molecule has 25 heavy (non-hydrogen) atoms. The zero-order valence-electron chi connectivity index (χ0n) is 13.7. The third kappa shape index (κ3) is 2.88. The van der Waals surface area contributed by atoms with Crippen molar-refractivity contribution in [3.8, 4) is 22.6 Å². The number of aliphatic hydroxyl groups excluding tert-OH is 1. The second-order valence-corrected chi connectivity index (χ2v) is 6.13. The predicted octanol–water partition coefficient (Wildman–Crippen LogP) is 4.51. The standard InChI is InChI=1S/C21H17NO3/c1-13-5-7-20-18(9-13)22-21(24)17-11-16(6-8-19(17)25-20)15-4-2-3-14(10-15)12-23/h2-11,23H,12H2,1H3,(H,22,24). The fraction of sp³-hybridized carbons (Fsp3) is 0.0952. The highest BCUT2D eigenvalue weighted by Gasteiger charge is 2.21. The maximum Gasteiger partial charge on any atom is 0.259 e. The molecule has 0 saturated carbocycles. The molecule has 0 radical (unpaired) electrons. The van der Waals surface area contributed by atoms with E-state index in [0.717, 1.165) is 22.3 Å². The van der Waals surface area contributed by atoms with Crippen LogP contribution in [0.4, 0.5) is 5.69 Å². The number of aliphatic hydroxyl groups is 1. The fourth-order valence-corrected chi connectivity index (χ4v) is 2.96. The molecule has 4 heteroatoms. The molecule has 0 spiro atoms. The van der Waals surface area contributed by atoms with Gasteiger partial charge in [0.1, 0.15) is 5.75 Å². The van der Waals surface area contributed by atoms with Crippen LogP contribution < -0.4 is 10.1 Å². The van der Waals surface area contributed by atoms with Crippen LogP contribution in [-0.4, -0.2) is 11.0 Å². The highest BCUT2D eigenvalue weighted by molar-refractivity contribution is 6.08. The molecule has 0 aliphatic carbocycles. The molecule has 124 valence electrons. The van der Waals surface area contributed by atoms with E-state index in [1.54, 1.807) is 0 Å². The van der Waals surface area contributed by atoms with Gasteiger partial charge in [-0.2, -0.15) is 0 Å². The number of hydrogen-bond donors (Lipinski definition) is 2. The lowest BCUT2D eigenvalue weighted by Crippen LogP contribution is -2.10. The zero-order valence-corrected chi connectivity index (χ0v) is 13.7. The van der Waals surface area contributed by atoms with E-state index in [2.05, 4.69) is 5.32 Å². The van der Waals surface area contributed by atoms with Crippen molar-refractivity contribution in [2.24, 2.45) is 0 Å². The molecule has 1 heterocycles. The minimum absolute atomic E-state index is 0.0168. The van der Waals surface area contributed by atoms with Crippen molar-refractivity contribution in [3.63, 3.8) is 0 Å². The molecular weight excluding hydrogens is 314 g/mol. The van der Waals surface area contributed by atoms with Crippen LogP contribution in [0.2, 0.25) is 0 Å². The quantitative estimate of drug-likeness (QED) is 0.726. The number of nitrogens with one attached hydrogen (secondary N) is 1. The summed E-state index contributed by atoms with van der Waals surface area (Å²) >= 11 is 0. The summed E-state index contributed by atoms with van der Waals surface area (Å²) < 4.78 is 5.94. The summed E-state index contributed by atoms with van der Waals surface area (Å²) in [5.41, 5.74) is 4.88. The molecule has 0 atom stereocenters. The van der Waals surface area contributed by atoms with Crippen LogP contribution in [0.5, 0.6) is 11.5 Å². The van der Waals surface area contributed by atoms with E-state index in [9.17, 15) is 9.90 Å². The number of carbonyl (C=O) groups excluding carboxylic acids is 1. The van der Waals surface area contributed by atoms with Crippen LogP contribution in [0, 0.1) is 6.92 Å². The molecule has 1 aliphatic heterocycles. The number of amides is 1. The van der Waals surface area contributed by atoms with Crippen LogP contribution >= 0.6 is 0 Å². The molecular formula is C21H17NO3. The van der Waals surface area contributed by atoms with E-state index < -0.39 is 0 Å². The average Bonchev–Trinajstić information content (AvgIpc) is 2.77. The Hall–Kier alpha value is -3.11. The zero-order chi connectivity index (χ0) is 17.4. The molecule has 0 saturated heterocycles. The third-order valence-electron chi connectivity index (χ3n) is 4.27. The number of hydrogen-bond acceptors (Lipinski definition) is 3. The Labute approximate surface area is 145 Å². The Morgan fingerprint density at radius 3 is 2.60 bits per heavy atom. The first-order valence-electron chi connectivity index (χ1n) is 8.08. The summed E-state index contributed by atoms with van der Waals surface area (Å²) in [4.78, 5) is 12.7. The molecule has 0 bridgehead atoms. The van der Waals surface area contributed by atoms with Crippen LogP contribution in [0.1, 0.15) is 21.5 Å². The summed E-state index contributed by atoms with van der Waals surface area (Å²) in [6, 6.07) is 18.9. The molecule has 1 amide bonds. The van der Waals surface area contributed by atoms with Gasteiger partial charge in [0.25, 0.3) is 5.91 Å². The third-order valence-corrected chi connectivity index (χ3v) is 4.27. The first-order chi connectivity index (χ1) is 12.1. The second kappa shape index (κ2) is 6.07. The molecule has 0 unspecified atom stereocenters. The van der Waals surface area contributed by atoms with Crippen LogP contribution in [-0.2, 0) is 6.61 Å². The van der Waals surface area contributed by atoms with E-state index in [1.165, 1.54) is 0 Å². The topological polar surface area (TPSA) is 58.6 Å². The molecule has 3 aromatic carbocycles. The lowest BCUT2D eigenvalue weighted by Gasteiger charge is -2.10. The minimum Gasteiger partial charge on any atom is -0.454 e. The smallest absolute Gasteiger partial charge is 0.259 e. The van der Waals surface area contributed by atoms with Gasteiger partial charge in [-0.1, -0.05) is 30.3 Å².